The van der Waals surface area contributed by atoms with Crippen molar-refractivity contribution in [1.82, 2.24) is 35.5 Å². The van der Waals surface area contributed by atoms with Crippen LogP contribution in [-0.4, -0.2) is 229 Å². The Balaban J connectivity index is 0.982. The number of nitrogens with zero attached hydrogens (tertiary/aromatic N) is 7. The van der Waals surface area contributed by atoms with E-state index < -0.39 is 108 Å². The summed E-state index contributed by atoms with van der Waals surface area (Å²) in [6.07, 6.45) is 16.1. The molecule has 1 saturated carbocycles. The molecule has 16 atom stereocenters. The maximum absolute atomic E-state index is 14.8. The van der Waals surface area contributed by atoms with Crippen LogP contribution in [-0.2, 0) is 68.4 Å². The van der Waals surface area contributed by atoms with Crippen molar-refractivity contribution < 1.29 is 86.8 Å². The lowest BCUT2D eigenvalue weighted by Gasteiger charge is -2.42. The number of piperidine rings is 1. The number of aliphatic hydroxyl groups is 3. The van der Waals surface area contributed by atoms with Crippen molar-refractivity contribution in [2.24, 2.45) is 35.5 Å². The molecule has 0 aromatic carbocycles. The van der Waals surface area contributed by atoms with Gasteiger partial charge in [0.1, 0.15) is 36.2 Å². The number of aromatic nitrogens is 4. The number of fused-ring (bicyclic) bond motifs is 3. The number of allylic oxidation sites excluding steroid dienone is 6. The fraction of sp³-hybridized carbons (Fsp3) is 0.689. The average molecular weight is 1410 g/mol. The van der Waals surface area contributed by atoms with Crippen molar-refractivity contribution >= 4 is 53.1 Å². The van der Waals surface area contributed by atoms with Crippen LogP contribution in [0.2, 0.25) is 0 Å². The number of methoxy groups -OCH3 is 3. The van der Waals surface area contributed by atoms with Crippen molar-refractivity contribution in [2.75, 3.05) is 96.9 Å². The number of piperazine rings is 1. The summed E-state index contributed by atoms with van der Waals surface area (Å²) in [5, 5.41) is 39.8. The molecule has 2 bridgehead atoms. The van der Waals surface area contributed by atoms with E-state index in [1.54, 1.807) is 60.4 Å². The highest BCUT2D eigenvalue weighted by Crippen LogP contribution is 2.39. The van der Waals surface area contributed by atoms with E-state index in [9.17, 15) is 48.9 Å². The Kier molecular flexibility index (Phi) is 32.4. The second-order valence-electron chi connectivity index (χ2n) is 27.9. The molecule has 4 aliphatic heterocycles. The first-order chi connectivity index (χ1) is 48.4. The monoisotopic (exact) mass is 1410 g/mol. The number of Topliss-reactive ketones (excluding diaryl/α,β-unsaturated/α-hetero) is 3. The number of carbonyl (C=O) groups excluding carboxylic acids is 7. The predicted octanol–water partition coefficient (Wildman–Crippen LogP) is 6.56. The molecule has 7 rings (SSSR count). The van der Waals surface area contributed by atoms with Crippen molar-refractivity contribution in [3.05, 3.63) is 83.5 Å². The average Bonchev–Trinajstić information content (AvgIpc) is 0.778. The fourth-order valence-electron chi connectivity index (χ4n) is 14.0. The second-order valence-corrected chi connectivity index (χ2v) is 27.9. The molecule has 0 spiro atoms. The van der Waals surface area contributed by atoms with Crippen LogP contribution >= 0.6 is 0 Å². The van der Waals surface area contributed by atoms with Gasteiger partial charge in [-0.25, -0.2) is 29.5 Å². The van der Waals surface area contributed by atoms with E-state index in [2.05, 4.69) is 30.6 Å². The highest BCUT2D eigenvalue weighted by Gasteiger charge is 2.53. The van der Waals surface area contributed by atoms with Crippen LogP contribution in [0.25, 0.3) is 0 Å². The molecule has 27 heteroatoms. The predicted molar refractivity (Wildman–Crippen MR) is 375 cm³/mol. The third-order valence-electron chi connectivity index (χ3n) is 20.2. The standard InChI is InChI=1S/C74H111N9O18/c1-12-29-97-31-32-98-30-25-75-68(89)55-42-78-71(79-43-55)81-27-28-82(56(44-81)45-84)72-76-39-54(40-77-72)41-80-73(92)100-60-24-22-53(36-63(60)95-10)35-49(5)62-38-59(85)48(4)34-51(7)65(87)66(96-11)64(86)50(6)33-46(2)18-14-13-15-19-47(3)61(94-9)37-57-23-21-52(8)74(93,101-57)67(88)69(90)83-26-17-16-20-58(83)70(91)99-62/h13-15,18-19,34,39-40,42-43,46,48-50,52-53,56-58,60-63,65-66,84,87,93H,12,16-17,20-33,35-38,41,44-45H2,1-11H3,(H,75,89)(H,80,92)/b15-13+,18-14+,47-19+,51-34+/t46-,48-,49-,50-,52-,53+,56?,57+,58+,60-,61+,62+,63-,65-,66+,74-/m1/s1. The number of rotatable bonds is 21. The van der Waals surface area contributed by atoms with Crippen LogP contribution in [0.4, 0.5) is 16.7 Å². The van der Waals surface area contributed by atoms with Crippen LogP contribution in [0.1, 0.15) is 155 Å². The molecule has 4 fully saturated rings. The first-order valence-corrected chi connectivity index (χ1v) is 36.1. The first-order valence-electron chi connectivity index (χ1n) is 36.1. The number of carbonyl (C=O) groups is 7. The van der Waals surface area contributed by atoms with Gasteiger partial charge in [-0.1, -0.05) is 78.0 Å². The molecular weight excluding hydrogens is 1300 g/mol. The molecule has 5 N–H and O–H groups in total. The van der Waals surface area contributed by atoms with E-state index in [0.717, 1.165) is 12.0 Å². The minimum absolute atomic E-state index is 0.0211. The number of esters is 1. The minimum atomic E-state index is -2.49. The number of hydrogen-bond donors (Lipinski definition) is 5. The first kappa shape index (κ1) is 81.3. The Labute approximate surface area is 594 Å². The topological polar surface area (TPSA) is 339 Å². The zero-order chi connectivity index (χ0) is 73.3. The second kappa shape index (κ2) is 40.2. The summed E-state index contributed by atoms with van der Waals surface area (Å²) in [5.74, 6) is -8.28. The lowest BCUT2D eigenvalue weighted by atomic mass is 9.78. The fourth-order valence-corrected chi connectivity index (χ4v) is 14.0. The third-order valence-corrected chi connectivity index (χ3v) is 20.2. The molecule has 5 aliphatic rings. The molecule has 560 valence electrons. The molecule has 27 nitrogen and oxygen atoms in total. The summed E-state index contributed by atoms with van der Waals surface area (Å²) in [5.41, 5.74) is 2.10. The SMILES string of the molecule is CCCOCCOCCNC(=O)c1cnc(N2CCN(c3ncc(CNC(=O)O[C@@H]4CC[C@@H](C[C@@H](C)[C@@H]5CC(=O)[C@H](C)/C=C(\C)[C@@H](O)[C@@H](OC)C(=O)[C@H](C)C[C@H](C)/C=C/C=C/C=C(\C)[C@@H](OC)C[C@@H]6CC[C@@H](C)[C@@](O)(O6)C(=O)C(=O)N6CCCC[C@H]6C(=O)O5)C[C@H]4OC)cn3)C(CO)C2)nc1. The number of ether oxygens (including phenoxy) is 8. The van der Waals surface area contributed by atoms with Gasteiger partial charge < -0.3 is 78.5 Å². The van der Waals surface area contributed by atoms with Gasteiger partial charge >= 0.3 is 12.1 Å². The van der Waals surface area contributed by atoms with Crippen LogP contribution < -0.4 is 20.4 Å². The molecule has 101 heavy (non-hydrogen) atoms. The number of aliphatic hydroxyl groups excluding tert-OH is 2. The molecule has 2 aromatic heterocycles. The summed E-state index contributed by atoms with van der Waals surface area (Å²) >= 11 is 0. The number of amides is 3. The van der Waals surface area contributed by atoms with Gasteiger partial charge in [-0.15, -0.1) is 0 Å². The van der Waals surface area contributed by atoms with Crippen LogP contribution in [0.3, 0.4) is 0 Å². The Hall–Kier alpha value is -6.95. The van der Waals surface area contributed by atoms with Gasteiger partial charge in [0, 0.05) is 128 Å². The zero-order valence-electron chi connectivity index (χ0n) is 61.0. The largest absolute Gasteiger partial charge is 0.460 e. The lowest BCUT2D eigenvalue weighted by Crippen LogP contribution is -2.61. The van der Waals surface area contributed by atoms with Gasteiger partial charge in [0.25, 0.3) is 17.6 Å². The van der Waals surface area contributed by atoms with E-state index in [1.807, 2.05) is 67.9 Å². The van der Waals surface area contributed by atoms with Gasteiger partial charge in [-0.05, 0) is 113 Å². The van der Waals surface area contributed by atoms with Crippen molar-refractivity contribution in [3.8, 4) is 0 Å². The quantitative estimate of drug-likeness (QED) is 0.0382. The highest BCUT2D eigenvalue weighted by molar-refractivity contribution is 6.39. The number of cyclic esters (lactones) is 1. The van der Waals surface area contributed by atoms with Crippen LogP contribution in [0.15, 0.2) is 72.4 Å². The Morgan fingerprint density at radius 2 is 1.50 bits per heavy atom. The molecule has 0 radical (unpaired) electrons. The number of ketones is 3. The molecule has 1 unspecified atom stereocenters. The van der Waals surface area contributed by atoms with Crippen molar-refractivity contribution in [1.29, 1.82) is 0 Å². The van der Waals surface area contributed by atoms with Gasteiger partial charge in [0.15, 0.2) is 5.78 Å². The molecule has 6 heterocycles. The van der Waals surface area contributed by atoms with Crippen LogP contribution in [0, 0.1) is 35.5 Å². The van der Waals surface area contributed by atoms with E-state index >= 15 is 0 Å². The van der Waals surface area contributed by atoms with E-state index in [-0.39, 0.29) is 68.3 Å². The summed E-state index contributed by atoms with van der Waals surface area (Å²) in [4.78, 5) is 121. The highest BCUT2D eigenvalue weighted by atomic mass is 16.6. The maximum atomic E-state index is 14.8. The molecule has 3 saturated heterocycles. The molecular formula is C74H111N9O18. The zero-order valence-corrected chi connectivity index (χ0v) is 61.0. The van der Waals surface area contributed by atoms with Crippen molar-refractivity contribution in [3.63, 3.8) is 0 Å². The molecule has 2 aromatic rings. The van der Waals surface area contributed by atoms with Crippen molar-refractivity contribution in [2.45, 2.75) is 206 Å². The maximum Gasteiger partial charge on any atom is 0.407 e. The summed E-state index contributed by atoms with van der Waals surface area (Å²) in [7, 11) is 4.47. The summed E-state index contributed by atoms with van der Waals surface area (Å²) in [6, 6.07) is -1.62. The number of alkyl carbamates (subject to hydrolysis) is 1. The van der Waals surface area contributed by atoms with Gasteiger partial charge in [0.2, 0.25) is 17.7 Å². The lowest BCUT2D eigenvalue weighted by molar-refractivity contribution is -0.265. The Morgan fingerprint density at radius 3 is 2.19 bits per heavy atom. The number of nitrogens with one attached hydrogen (secondary N) is 2. The van der Waals surface area contributed by atoms with Gasteiger partial charge in [-0.3, -0.25) is 24.0 Å². The number of anilines is 2. The van der Waals surface area contributed by atoms with Gasteiger partial charge in [-0.2, -0.15) is 0 Å². The molecule has 1 aliphatic carbocycles. The normalized spacial score (nSPS) is 31.7. The third kappa shape index (κ3) is 23.0. The molecule has 3 amide bonds. The van der Waals surface area contributed by atoms with Gasteiger partial charge in [0.05, 0.1) is 56.3 Å². The number of hydrogen-bond acceptors (Lipinski definition) is 24. The summed E-state index contributed by atoms with van der Waals surface area (Å²) in [6.45, 7) is 18.0. The minimum Gasteiger partial charge on any atom is -0.460 e. The Morgan fingerprint density at radius 1 is 0.772 bits per heavy atom. The van der Waals surface area contributed by atoms with E-state index in [0.29, 0.717) is 139 Å². The smallest absolute Gasteiger partial charge is 0.407 e. The summed E-state index contributed by atoms with van der Waals surface area (Å²) < 4.78 is 46.9. The van der Waals surface area contributed by atoms with E-state index in [1.165, 1.54) is 24.4 Å². The Bertz CT molecular complexity index is 3150. The van der Waals surface area contributed by atoms with E-state index in [4.69, 9.17) is 37.9 Å². The van der Waals surface area contributed by atoms with Crippen LogP contribution in [0.5, 0.6) is 0 Å².